The number of amides is 1. The number of esters is 1. The Morgan fingerprint density at radius 2 is 1.78 bits per heavy atom. The molecule has 0 atom stereocenters. The molecule has 2 heterocycles. The number of aliphatic hydroxyl groups is 1. The van der Waals surface area contributed by atoms with E-state index in [1.807, 2.05) is 11.0 Å². The van der Waals surface area contributed by atoms with Gasteiger partial charge in [-0.2, -0.15) is 0 Å². The number of carbonyl (C=O) groups is 2. The van der Waals surface area contributed by atoms with E-state index in [9.17, 15) is 14.7 Å². The van der Waals surface area contributed by atoms with Crippen LogP contribution in [0.5, 0.6) is 0 Å². The van der Waals surface area contributed by atoms with Gasteiger partial charge in [0.2, 0.25) is 5.91 Å². The van der Waals surface area contributed by atoms with Gasteiger partial charge >= 0.3 is 5.97 Å². The van der Waals surface area contributed by atoms with Gasteiger partial charge in [-0.05, 0) is 75.3 Å². The second kappa shape index (κ2) is 10.6. The van der Waals surface area contributed by atoms with Crippen LogP contribution < -0.4 is 4.90 Å². The van der Waals surface area contributed by atoms with Crippen molar-refractivity contribution in [3.8, 4) is 0 Å². The van der Waals surface area contributed by atoms with Gasteiger partial charge in [-0.25, -0.2) is 4.79 Å². The monoisotopic (exact) mass is 515 g/mol. The van der Waals surface area contributed by atoms with E-state index in [-0.39, 0.29) is 24.0 Å². The molecule has 8 heteroatoms. The van der Waals surface area contributed by atoms with Crippen molar-refractivity contribution >= 4 is 34.5 Å². The minimum absolute atomic E-state index is 0.0268. The minimum Gasteiger partial charge on any atom is -0.465 e. The van der Waals surface area contributed by atoms with Crippen LogP contribution in [0.3, 0.4) is 0 Å². The summed E-state index contributed by atoms with van der Waals surface area (Å²) in [6.07, 6.45) is 13.8. The van der Waals surface area contributed by atoms with E-state index < -0.39 is 11.8 Å². The third-order valence-corrected chi connectivity index (χ3v) is 9.53. The molecular weight excluding hydrogens is 478 g/mol. The van der Waals surface area contributed by atoms with Gasteiger partial charge < -0.3 is 24.2 Å². The standard InChI is InChI=1S/C28H37NO6S/c1-18-3-5-20(6-4-18)26(31)29(21-7-9-22(30)10-8-21)23-17-24(36-25(23)27(32)33-2)19-11-13-28(14-12-19)34-15-16-35-28/h11,15-18,20-22,30H,3-10,12-14H2,1-2H3. The van der Waals surface area contributed by atoms with Crippen LogP contribution in [0.4, 0.5) is 5.69 Å². The molecule has 1 spiro atoms. The molecule has 1 amide bonds. The van der Waals surface area contributed by atoms with Crippen molar-refractivity contribution in [2.45, 2.75) is 95.5 Å². The maximum absolute atomic E-state index is 14.1. The number of allylic oxidation sites excluding steroid dienone is 1. The van der Waals surface area contributed by atoms with Crippen LogP contribution in [-0.4, -0.2) is 42.0 Å². The fourth-order valence-electron chi connectivity index (χ4n) is 6.05. The Hall–Kier alpha value is -2.32. The van der Waals surface area contributed by atoms with Gasteiger partial charge in [-0.15, -0.1) is 11.3 Å². The van der Waals surface area contributed by atoms with Crippen LogP contribution in [0.25, 0.3) is 5.57 Å². The quantitative estimate of drug-likeness (QED) is 0.501. The van der Waals surface area contributed by atoms with Gasteiger partial charge in [0, 0.05) is 29.7 Å². The van der Waals surface area contributed by atoms with Crippen molar-refractivity contribution < 1.29 is 28.9 Å². The molecule has 7 nitrogen and oxygen atoms in total. The van der Waals surface area contributed by atoms with Crippen molar-refractivity contribution in [3.05, 3.63) is 34.4 Å². The number of ether oxygens (including phenoxy) is 3. The van der Waals surface area contributed by atoms with Crippen LogP contribution in [0.15, 0.2) is 24.7 Å². The molecule has 0 aromatic carbocycles. The molecule has 5 rings (SSSR count). The lowest BCUT2D eigenvalue weighted by atomic mass is 9.81. The Bertz CT molecular complexity index is 1020. The molecule has 1 N–H and O–H groups in total. The molecular formula is C28H37NO6S. The molecule has 2 saturated carbocycles. The van der Waals surface area contributed by atoms with Crippen LogP contribution in [-0.2, 0) is 19.0 Å². The third kappa shape index (κ3) is 5.07. The Kier molecular flexibility index (Phi) is 7.45. The summed E-state index contributed by atoms with van der Waals surface area (Å²) in [5.74, 6) is -0.285. The lowest BCUT2D eigenvalue weighted by molar-refractivity contribution is -0.144. The summed E-state index contributed by atoms with van der Waals surface area (Å²) in [4.78, 5) is 30.4. The number of carbonyl (C=O) groups excluding carboxylic acids is 2. The lowest BCUT2D eigenvalue weighted by Crippen LogP contribution is -2.47. The highest BCUT2D eigenvalue weighted by Crippen LogP contribution is 2.44. The van der Waals surface area contributed by atoms with E-state index in [0.717, 1.165) is 61.8 Å². The van der Waals surface area contributed by atoms with Crippen molar-refractivity contribution in [3.63, 3.8) is 0 Å². The fourth-order valence-corrected chi connectivity index (χ4v) is 7.19. The second-order valence-electron chi connectivity index (χ2n) is 10.8. The second-order valence-corrected chi connectivity index (χ2v) is 11.8. The highest BCUT2D eigenvalue weighted by Gasteiger charge is 2.40. The summed E-state index contributed by atoms with van der Waals surface area (Å²) < 4.78 is 16.6. The summed E-state index contributed by atoms with van der Waals surface area (Å²) in [5, 5.41) is 10.1. The van der Waals surface area contributed by atoms with Gasteiger partial charge in [0.15, 0.2) is 0 Å². The average Bonchev–Trinajstić information content (AvgIpc) is 3.54. The van der Waals surface area contributed by atoms with Crippen LogP contribution in [0.2, 0.25) is 0 Å². The van der Waals surface area contributed by atoms with E-state index in [4.69, 9.17) is 14.2 Å². The summed E-state index contributed by atoms with van der Waals surface area (Å²) >= 11 is 1.40. The zero-order valence-electron chi connectivity index (χ0n) is 21.2. The van der Waals surface area contributed by atoms with Crippen molar-refractivity contribution in [1.82, 2.24) is 0 Å². The van der Waals surface area contributed by atoms with Crippen LogP contribution in [0.1, 0.15) is 92.1 Å². The molecule has 1 aromatic rings. The first kappa shape index (κ1) is 25.3. The van der Waals surface area contributed by atoms with Gasteiger partial charge in [0.05, 0.1) is 18.9 Å². The smallest absolute Gasteiger partial charge is 0.350 e. The van der Waals surface area contributed by atoms with Crippen molar-refractivity contribution in [1.29, 1.82) is 0 Å². The lowest BCUT2D eigenvalue weighted by Gasteiger charge is -2.39. The summed E-state index contributed by atoms with van der Waals surface area (Å²) in [6, 6.07) is 1.99. The highest BCUT2D eigenvalue weighted by molar-refractivity contribution is 7.15. The number of nitrogens with zero attached hydrogens (tertiary/aromatic N) is 1. The normalized spacial score (nSPS) is 29.2. The van der Waals surface area contributed by atoms with Gasteiger partial charge in [-0.1, -0.05) is 13.0 Å². The van der Waals surface area contributed by atoms with E-state index in [1.165, 1.54) is 18.4 Å². The molecule has 36 heavy (non-hydrogen) atoms. The Morgan fingerprint density at radius 1 is 1.08 bits per heavy atom. The predicted octanol–water partition coefficient (Wildman–Crippen LogP) is 5.78. The van der Waals surface area contributed by atoms with Gasteiger partial charge in [0.25, 0.3) is 5.79 Å². The minimum atomic E-state index is -0.613. The SMILES string of the molecule is COC(=O)c1sc(C2=CCC3(CC2)OC=CO3)cc1N(C(=O)C1CCC(C)CC1)C1CCC(O)CC1. The van der Waals surface area contributed by atoms with Gasteiger partial charge in [-0.3, -0.25) is 4.79 Å². The Labute approximate surface area is 217 Å². The zero-order valence-corrected chi connectivity index (χ0v) is 22.1. The first-order chi connectivity index (χ1) is 17.4. The molecule has 2 fully saturated rings. The largest absolute Gasteiger partial charge is 0.465 e. The number of aliphatic hydroxyl groups excluding tert-OH is 1. The number of hydrogen-bond donors (Lipinski definition) is 1. The fraction of sp³-hybridized carbons (Fsp3) is 0.643. The van der Waals surface area contributed by atoms with E-state index in [2.05, 4.69) is 13.0 Å². The Balaban J connectivity index is 1.48. The highest BCUT2D eigenvalue weighted by atomic mass is 32.1. The van der Waals surface area contributed by atoms with E-state index in [0.29, 0.717) is 35.7 Å². The predicted molar refractivity (Wildman–Crippen MR) is 138 cm³/mol. The molecule has 1 aliphatic heterocycles. The molecule has 0 bridgehead atoms. The topological polar surface area (TPSA) is 85.3 Å². The zero-order chi connectivity index (χ0) is 25.3. The third-order valence-electron chi connectivity index (χ3n) is 8.35. The Morgan fingerprint density at radius 3 is 2.39 bits per heavy atom. The van der Waals surface area contributed by atoms with Gasteiger partial charge in [0.1, 0.15) is 17.4 Å². The molecule has 196 valence electrons. The van der Waals surface area contributed by atoms with Crippen LogP contribution >= 0.6 is 11.3 Å². The average molecular weight is 516 g/mol. The van der Waals surface area contributed by atoms with Crippen LogP contribution in [0, 0.1) is 11.8 Å². The molecule has 3 aliphatic carbocycles. The molecule has 0 unspecified atom stereocenters. The summed E-state index contributed by atoms with van der Waals surface area (Å²) in [6.45, 7) is 2.25. The number of thiophene rings is 1. The molecule has 1 aromatic heterocycles. The molecule has 0 saturated heterocycles. The number of anilines is 1. The first-order valence-electron chi connectivity index (χ1n) is 13.3. The van der Waals surface area contributed by atoms with Crippen molar-refractivity contribution in [2.24, 2.45) is 11.8 Å². The maximum Gasteiger partial charge on any atom is 0.350 e. The molecule has 0 radical (unpaired) electrons. The first-order valence-corrected chi connectivity index (χ1v) is 14.1. The number of methoxy groups -OCH3 is 1. The number of rotatable bonds is 5. The maximum atomic E-state index is 14.1. The van der Waals surface area contributed by atoms with Crippen molar-refractivity contribution in [2.75, 3.05) is 12.0 Å². The van der Waals surface area contributed by atoms with E-state index in [1.54, 1.807) is 12.5 Å². The molecule has 4 aliphatic rings. The number of hydrogen-bond acceptors (Lipinski definition) is 7. The van der Waals surface area contributed by atoms with E-state index >= 15 is 0 Å². The summed E-state index contributed by atoms with van der Waals surface area (Å²) in [7, 11) is 1.39. The summed E-state index contributed by atoms with van der Waals surface area (Å²) in [5.41, 5.74) is 1.81.